The highest BCUT2D eigenvalue weighted by Crippen LogP contribution is 2.34. The van der Waals surface area contributed by atoms with Gasteiger partial charge in [0, 0.05) is 31.2 Å². The van der Waals surface area contributed by atoms with Crippen LogP contribution < -0.4 is 5.32 Å². The third-order valence-electron chi connectivity index (χ3n) is 4.24. The number of carbonyl (C=O) groups is 1. The molecule has 96 valence electrons. The Morgan fingerprint density at radius 1 is 1.41 bits per heavy atom. The van der Waals surface area contributed by atoms with E-state index in [0.29, 0.717) is 17.9 Å². The molecule has 1 N–H and O–H groups in total. The number of likely N-dealkylation sites (tertiary alicyclic amines) is 1. The second-order valence-corrected chi connectivity index (χ2v) is 5.31. The van der Waals surface area contributed by atoms with Crippen molar-refractivity contribution in [2.24, 2.45) is 11.8 Å². The quantitative estimate of drug-likeness (QED) is 0.758. The molecule has 2 aliphatic heterocycles. The average molecular weight is 236 g/mol. The van der Waals surface area contributed by atoms with Crippen LogP contribution in [0.5, 0.6) is 0 Å². The molecule has 2 heterocycles. The number of nitrogens with one attached hydrogen (secondary N) is 1. The Balaban J connectivity index is 2.11. The van der Waals surface area contributed by atoms with Gasteiger partial charge in [0.25, 0.3) is 0 Å². The lowest BCUT2D eigenvalue weighted by Gasteiger charge is -2.27. The van der Waals surface area contributed by atoms with Gasteiger partial charge in [0.05, 0.1) is 0 Å². The van der Waals surface area contributed by atoms with E-state index in [0.717, 1.165) is 38.0 Å². The summed E-state index contributed by atoms with van der Waals surface area (Å²) < 4.78 is 0. The maximum Gasteiger partial charge on any atom is 0.249 e. The fourth-order valence-corrected chi connectivity index (χ4v) is 3.40. The first-order chi connectivity index (χ1) is 8.19. The highest BCUT2D eigenvalue weighted by Gasteiger charge is 2.44. The SMILES string of the molecule is CCC=C(C)C(=O)N1CC2CNCC2C1CC. The molecule has 17 heavy (non-hydrogen) atoms. The maximum absolute atomic E-state index is 12.4. The first-order valence-corrected chi connectivity index (χ1v) is 6.87. The van der Waals surface area contributed by atoms with Gasteiger partial charge in [0.2, 0.25) is 5.91 Å². The molecule has 0 saturated carbocycles. The maximum atomic E-state index is 12.4. The molecule has 0 aromatic heterocycles. The molecule has 3 atom stereocenters. The van der Waals surface area contributed by atoms with Crippen LogP contribution >= 0.6 is 0 Å². The van der Waals surface area contributed by atoms with E-state index < -0.39 is 0 Å². The molecule has 0 aliphatic carbocycles. The predicted octanol–water partition coefficient (Wildman–Crippen LogP) is 1.80. The average Bonchev–Trinajstić information content (AvgIpc) is 2.87. The summed E-state index contributed by atoms with van der Waals surface area (Å²) in [5, 5.41) is 3.45. The van der Waals surface area contributed by atoms with Gasteiger partial charge in [-0.2, -0.15) is 0 Å². The highest BCUT2D eigenvalue weighted by molar-refractivity contribution is 5.93. The molecule has 0 aromatic rings. The van der Waals surface area contributed by atoms with Crippen LogP contribution in [0.1, 0.15) is 33.6 Å². The number of hydrogen-bond donors (Lipinski definition) is 1. The second-order valence-electron chi connectivity index (χ2n) is 5.31. The van der Waals surface area contributed by atoms with Gasteiger partial charge in [-0.25, -0.2) is 0 Å². The Hall–Kier alpha value is -0.830. The molecule has 0 spiro atoms. The number of nitrogens with zero attached hydrogens (tertiary/aromatic N) is 1. The minimum absolute atomic E-state index is 0.258. The summed E-state index contributed by atoms with van der Waals surface area (Å²) in [4.78, 5) is 14.5. The topological polar surface area (TPSA) is 32.3 Å². The van der Waals surface area contributed by atoms with Crippen LogP contribution in [0, 0.1) is 11.8 Å². The number of allylic oxidation sites excluding steroid dienone is 1. The summed E-state index contributed by atoms with van der Waals surface area (Å²) >= 11 is 0. The van der Waals surface area contributed by atoms with Crippen LogP contribution in [0.2, 0.25) is 0 Å². The molecule has 0 bridgehead atoms. The Morgan fingerprint density at radius 2 is 2.18 bits per heavy atom. The molecule has 2 rings (SSSR count). The molecular formula is C14H24N2O. The number of rotatable bonds is 3. The van der Waals surface area contributed by atoms with Gasteiger partial charge in [-0.15, -0.1) is 0 Å². The van der Waals surface area contributed by atoms with Crippen molar-refractivity contribution in [3.63, 3.8) is 0 Å². The molecular weight excluding hydrogens is 212 g/mol. The van der Waals surface area contributed by atoms with Crippen molar-refractivity contribution in [3.8, 4) is 0 Å². The third-order valence-corrected chi connectivity index (χ3v) is 4.24. The van der Waals surface area contributed by atoms with Gasteiger partial charge in [-0.05, 0) is 31.6 Å². The second kappa shape index (κ2) is 5.21. The van der Waals surface area contributed by atoms with Gasteiger partial charge >= 0.3 is 0 Å². The Labute approximate surface area is 104 Å². The molecule has 0 radical (unpaired) electrons. The standard InChI is InChI=1S/C14H24N2O/c1-4-6-10(3)14(17)16-9-11-7-15-8-12(11)13(16)5-2/h6,11-13,15H,4-5,7-9H2,1-3H3. The van der Waals surface area contributed by atoms with E-state index in [1.165, 1.54) is 0 Å². The normalized spacial score (nSPS) is 33.0. The van der Waals surface area contributed by atoms with Gasteiger partial charge in [0.15, 0.2) is 0 Å². The summed E-state index contributed by atoms with van der Waals surface area (Å²) in [6.07, 6.45) is 4.06. The van der Waals surface area contributed by atoms with E-state index in [-0.39, 0.29) is 5.91 Å². The van der Waals surface area contributed by atoms with Crippen LogP contribution in [0.25, 0.3) is 0 Å². The van der Waals surface area contributed by atoms with Crippen LogP contribution in [-0.4, -0.2) is 36.5 Å². The molecule has 3 heteroatoms. The van der Waals surface area contributed by atoms with Crippen molar-refractivity contribution in [2.45, 2.75) is 39.7 Å². The zero-order valence-electron chi connectivity index (χ0n) is 11.2. The molecule has 0 aromatic carbocycles. The minimum atomic E-state index is 0.258. The van der Waals surface area contributed by atoms with Crippen molar-refractivity contribution >= 4 is 5.91 Å². The summed E-state index contributed by atoms with van der Waals surface area (Å²) in [7, 11) is 0. The minimum Gasteiger partial charge on any atom is -0.335 e. The van der Waals surface area contributed by atoms with Crippen molar-refractivity contribution in [1.29, 1.82) is 0 Å². The first kappa shape index (κ1) is 12.6. The monoisotopic (exact) mass is 236 g/mol. The molecule has 2 saturated heterocycles. The van der Waals surface area contributed by atoms with Gasteiger partial charge < -0.3 is 10.2 Å². The van der Waals surface area contributed by atoms with Crippen LogP contribution in [-0.2, 0) is 4.79 Å². The molecule has 3 unspecified atom stereocenters. The number of carbonyl (C=O) groups excluding carboxylic acids is 1. The van der Waals surface area contributed by atoms with Crippen LogP contribution in [0.4, 0.5) is 0 Å². The summed E-state index contributed by atoms with van der Waals surface area (Å²) in [6, 6.07) is 0.447. The van der Waals surface area contributed by atoms with E-state index in [9.17, 15) is 4.79 Å². The third kappa shape index (κ3) is 2.25. The Bertz CT molecular complexity index is 324. The predicted molar refractivity (Wildman–Crippen MR) is 69.7 cm³/mol. The Morgan fingerprint density at radius 3 is 2.82 bits per heavy atom. The van der Waals surface area contributed by atoms with Crippen LogP contribution in [0.3, 0.4) is 0 Å². The zero-order valence-corrected chi connectivity index (χ0v) is 11.2. The van der Waals surface area contributed by atoms with Gasteiger partial charge in [-0.1, -0.05) is 19.9 Å². The zero-order chi connectivity index (χ0) is 12.4. The van der Waals surface area contributed by atoms with Crippen molar-refractivity contribution in [3.05, 3.63) is 11.6 Å². The first-order valence-electron chi connectivity index (χ1n) is 6.87. The lowest BCUT2D eigenvalue weighted by molar-refractivity contribution is -0.128. The van der Waals surface area contributed by atoms with Crippen LogP contribution in [0.15, 0.2) is 11.6 Å². The summed E-state index contributed by atoms with van der Waals surface area (Å²) in [5.74, 6) is 1.62. The van der Waals surface area contributed by atoms with E-state index in [1.807, 2.05) is 13.0 Å². The number of amides is 1. The number of fused-ring (bicyclic) bond motifs is 1. The number of hydrogen-bond acceptors (Lipinski definition) is 2. The fourth-order valence-electron chi connectivity index (χ4n) is 3.40. The van der Waals surface area contributed by atoms with Crippen molar-refractivity contribution in [1.82, 2.24) is 10.2 Å². The molecule has 2 aliphatic rings. The van der Waals surface area contributed by atoms with E-state index in [1.54, 1.807) is 0 Å². The van der Waals surface area contributed by atoms with Crippen molar-refractivity contribution in [2.75, 3.05) is 19.6 Å². The highest BCUT2D eigenvalue weighted by atomic mass is 16.2. The summed E-state index contributed by atoms with van der Waals surface area (Å²) in [6.45, 7) is 9.35. The molecule has 2 fully saturated rings. The Kier molecular flexibility index (Phi) is 3.87. The lowest BCUT2D eigenvalue weighted by Crippen LogP contribution is -2.40. The van der Waals surface area contributed by atoms with Gasteiger partial charge in [-0.3, -0.25) is 4.79 Å². The lowest BCUT2D eigenvalue weighted by atomic mass is 9.93. The van der Waals surface area contributed by atoms with Crippen molar-refractivity contribution < 1.29 is 4.79 Å². The smallest absolute Gasteiger partial charge is 0.249 e. The largest absolute Gasteiger partial charge is 0.335 e. The molecule has 1 amide bonds. The van der Waals surface area contributed by atoms with E-state index >= 15 is 0 Å². The molecule has 3 nitrogen and oxygen atoms in total. The summed E-state index contributed by atoms with van der Waals surface area (Å²) in [5.41, 5.74) is 0.916. The fraction of sp³-hybridized carbons (Fsp3) is 0.786. The van der Waals surface area contributed by atoms with E-state index in [2.05, 4.69) is 24.1 Å². The van der Waals surface area contributed by atoms with Gasteiger partial charge in [0.1, 0.15) is 0 Å². The van der Waals surface area contributed by atoms with E-state index in [4.69, 9.17) is 0 Å².